The molecule has 0 fully saturated rings. The molecule has 0 unspecified atom stereocenters. The van der Waals surface area contributed by atoms with Gasteiger partial charge in [-0.1, -0.05) is 56.8 Å². The maximum absolute atomic E-state index is 5.32. The lowest BCUT2D eigenvalue weighted by Gasteiger charge is -2.12. The molecule has 0 radical (unpaired) electrons. The molecule has 98 valence electrons. The zero-order valence-electron chi connectivity index (χ0n) is 11.8. The van der Waals surface area contributed by atoms with Crippen LogP contribution in [0.4, 0.5) is 0 Å². The van der Waals surface area contributed by atoms with E-state index >= 15 is 0 Å². The van der Waals surface area contributed by atoms with Crippen LogP contribution in [0.15, 0.2) is 49.0 Å². The van der Waals surface area contributed by atoms with Gasteiger partial charge >= 0.3 is 0 Å². The fraction of sp³-hybridized carbons (Fsp3) is 0.222. The van der Waals surface area contributed by atoms with Crippen molar-refractivity contribution in [1.29, 1.82) is 0 Å². The molecule has 0 amide bonds. The largest absolute Gasteiger partial charge is 0.497 e. The molecular weight excluding hydrogens is 232 g/mol. The van der Waals surface area contributed by atoms with Crippen molar-refractivity contribution < 1.29 is 4.74 Å². The molecule has 0 saturated heterocycles. The second kappa shape index (κ2) is 5.75. The standard InChI is InChI=1S/C18H20O/c1-5-14-9-10-17(19-4)12-18(14)16-8-6-7-15(11-16)13(2)3/h5-13H,1H2,2-4H3. The van der Waals surface area contributed by atoms with Crippen LogP contribution in [-0.4, -0.2) is 7.11 Å². The van der Waals surface area contributed by atoms with E-state index in [0.29, 0.717) is 5.92 Å². The van der Waals surface area contributed by atoms with Crippen LogP contribution in [0.3, 0.4) is 0 Å². The zero-order valence-corrected chi connectivity index (χ0v) is 11.8. The van der Waals surface area contributed by atoms with Crippen molar-refractivity contribution in [1.82, 2.24) is 0 Å². The minimum Gasteiger partial charge on any atom is -0.497 e. The van der Waals surface area contributed by atoms with Crippen molar-refractivity contribution in [3.63, 3.8) is 0 Å². The highest BCUT2D eigenvalue weighted by molar-refractivity contribution is 5.76. The van der Waals surface area contributed by atoms with E-state index < -0.39 is 0 Å². The summed E-state index contributed by atoms with van der Waals surface area (Å²) in [6.07, 6.45) is 1.89. The van der Waals surface area contributed by atoms with Crippen LogP contribution in [0.25, 0.3) is 17.2 Å². The van der Waals surface area contributed by atoms with E-state index in [4.69, 9.17) is 4.74 Å². The highest BCUT2D eigenvalue weighted by Gasteiger charge is 2.07. The fourth-order valence-electron chi connectivity index (χ4n) is 2.16. The molecule has 0 saturated carbocycles. The Labute approximate surface area is 115 Å². The molecule has 0 heterocycles. The molecule has 2 aromatic carbocycles. The lowest BCUT2D eigenvalue weighted by atomic mass is 9.94. The van der Waals surface area contributed by atoms with Gasteiger partial charge in [-0.15, -0.1) is 0 Å². The maximum atomic E-state index is 5.32. The number of benzene rings is 2. The minimum atomic E-state index is 0.526. The number of methoxy groups -OCH3 is 1. The predicted octanol–water partition coefficient (Wildman–Crippen LogP) is 5.13. The Morgan fingerprint density at radius 3 is 2.53 bits per heavy atom. The highest BCUT2D eigenvalue weighted by Crippen LogP contribution is 2.30. The minimum absolute atomic E-state index is 0.526. The van der Waals surface area contributed by atoms with Gasteiger partial charge in [0.05, 0.1) is 7.11 Å². The van der Waals surface area contributed by atoms with E-state index in [-0.39, 0.29) is 0 Å². The third-order valence-electron chi connectivity index (χ3n) is 3.34. The summed E-state index contributed by atoms with van der Waals surface area (Å²) < 4.78 is 5.32. The van der Waals surface area contributed by atoms with E-state index in [1.165, 1.54) is 11.1 Å². The van der Waals surface area contributed by atoms with Gasteiger partial charge in [-0.05, 0) is 40.3 Å². The Kier molecular flexibility index (Phi) is 4.06. The predicted molar refractivity (Wildman–Crippen MR) is 82.6 cm³/mol. The summed E-state index contributed by atoms with van der Waals surface area (Å²) in [5.41, 5.74) is 4.84. The molecule has 0 aliphatic heterocycles. The van der Waals surface area contributed by atoms with Crippen molar-refractivity contribution in [3.05, 3.63) is 60.2 Å². The maximum Gasteiger partial charge on any atom is 0.119 e. The number of hydrogen-bond donors (Lipinski definition) is 0. The van der Waals surface area contributed by atoms with Gasteiger partial charge in [-0.3, -0.25) is 0 Å². The van der Waals surface area contributed by atoms with Crippen molar-refractivity contribution >= 4 is 6.08 Å². The van der Waals surface area contributed by atoms with Crippen LogP contribution in [-0.2, 0) is 0 Å². The first-order chi connectivity index (χ1) is 9.15. The average molecular weight is 252 g/mol. The molecule has 0 aromatic heterocycles. The second-order valence-corrected chi connectivity index (χ2v) is 4.94. The quantitative estimate of drug-likeness (QED) is 0.733. The lowest BCUT2D eigenvalue weighted by Crippen LogP contribution is -1.91. The van der Waals surface area contributed by atoms with Crippen molar-refractivity contribution in [2.45, 2.75) is 19.8 Å². The molecule has 2 rings (SSSR count). The third kappa shape index (κ3) is 2.87. The molecule has 1 heteroatoms. The van der Waals surface area contributed by atoms with Gasteiger partial charge < -0.3 is 4.74 Å². The fourth-order valence-corrected chi connectivity index (χ4v) is 2.16. The summed E-state index contributed by atoms with van der Waals surface area (Å²) in [4.78, 5) is 0. The van der Waals surface area contributed by atoms with Crippen molar-refractivity contribution in [2.24, 2.45) is 0 Å². The van der Waals surface area contributed by atoms with Gasteiger partial charge in [0.25, 0.3) is 0 Å². The molecule has 0 aliphatic rings. The van der Waals surface area contributed by atoms with E-state index in [9.17, 15) is 0 Å². The first-order valence-electron chi connectivity index (χ1n) is 6.56. The molecule has 0 spiro atoms. The number of ether oxygens (including phenoxy) is 1. The van der Waals surface area contributed by atoms with Crippen LogP contribution in [0, 0.1) is 0 Å². The highest BCUT2D eigenvalue weighted by atomic mass is 16.5. The lowest BCUT2D eigenvalue weighted by molar-refractivity contribution is 0.415. The van der Waals surface area contributed by atoms with Crippen LogP contribution >= 0.6 is 0 Å². The number of rotatable bonds is 4. The smallest absolute Gasteiger partial charge is 0.119 e. The van der Waals surface area contributed by atoms with Crippen LogP contribution in [0.2, 0.25) is 0 Å². The Balaban J connectivity index is 2.56. The summed E-state index contributed by atoms with van der Waals surface area (Å²) in [6.45, 7) is 8.30. The third-order valence-corrected chi connectivity index (χ3v) is 3.34. The first-order valence-corrected chi connectivity index (χ1v) is 6.56. The Bertz CT molecular complexity index is 582. The summed E-state index contributed by atoms with van der Waals surface area (Å²) in [5, 5.41) is 0. The van der Waals surface area contributed by atoms with Crippen molar-refractivity contribution in [2.75, 3.05) is 7.11 Å². The first kappa shape index (κ1) is 13.4. The van der Waals surface area contributed by atoms with Crippen LogP contribution in [0.5, 0.6) is 5.75 Å². The molecule has 2 aromatic rings. The van der Waals surface area contributed by atoms with Gasteiger partial charge in [0, 0.05) is 0 Å². The topological polar surface area (TPSA) is 9.23 Å². The van der Waals surface area contributed by atoms with E-state index in [0.717, 1.165) is 16.9 Å². The second-order valence-electron chi connectivity index (χ2n) is 4.94. The van der Waals surface area contributed by atoms with Crippen LogP contribution in [0.1, 0.15) is 30.9 Å². The Hall–Kier alpha value is -2.02. The molecule has 0 aliphatic carbocycles. The average Bonchev–Trinajstić information content (AvgIpc) is 2.46. The molecule has 1 nitrogen and oxygen atoms in total. The van der Waals surface area contributed by atoms with Gasteiger partial charge in [0.1, 0.15) is 5.75 Å². The summed E-state index contributed by atoms with van der Waals surface area (Å²) in [7, 11) is 1.69. The summed E-state index contributed by atoms with van der Waals surface area (Å²) >= 11 is 0. The van der Waals surface area contributed by atoms with E-state index in [1.807, 2.05) is 18.2 Å². The van der Waals surface area contributed by atoms with Gasteiger partial charge in [0.2, 0.25) is 0 Å². The zero-order chi connectivity index (χ0) is 13.8. The molecule has 19 heavy (non-hydrogen) atoms. The molecule has 0 atom stereocenters. The SMILES string of the molecule is C=Cc1ccc(OC)cc1-c1cccc(C(C)C)c1. The Morgan fingerprint density at radius 1 is 1.11 bits per heavy atom. The van der Waals surface area contributed by atoms with Gasteiger partial charge in [-0.2, -0.15) is 0 Å². The van der Waals surface area contributed by atoms with E-state index in [1.54, 1.807) is 7.11 Å². The van der Waals surface area contributed by atoms with E-state index in [2.05, 4.69) is 50.8 Å². The van der Waals surface area contributed by atoms with Gasteiger partial charge in [0.15, 0.2) is 0 Å². The normalized spacial score (nSPS) is 10.5. The summed E-state index contributed by atoms with van der Waals surface area (Å²) in [6, 6.07) is 14.7. The summed E-state index contributed by atoms with van der Waals surface area (Å²) in [5.74, 6) is 1.40. The Morgan fingerprint density at radius 2 is 1.89 bits per heavy atom. The molecular formula is C18H20O. The monoisotopic (exact) mass is 252 g/mol. The number of hydrogen-bond acceptors (Lipinski definition) is 1. The molecule has 0 N–H and O–H groups in total. The van der Waals surface area contributed by atoms with Crippen molar-refractivity contribution in [3.8, 4) is 16.9 Å². The molecule has 0 bridgehead atoms. The van der Waals surface area contributed by atoms with Gasteiger partial charge in [-0.25, -0.2) is 0 Å². The van der Waals surface area contributed by atoms with Crippen LogP contribution < -0.4 is 4.74 Å².